The number of oxime groups is 1. The van der Waals surface area contributed by atoms with Gasteiger partial charge in [0.05, 0.1) is 11.8 Å². The predicted molar refractivity (Wildman–Crippen MR) is 148 cm³/mol. The average molecular weight is 549 g/mol. The molecule has 1 amide bonds. The number of aliphatic hydroxyl groups excluding tert-OH is 1. The van der Waals surface area contributed by atoms with E-state index >= 15 is 0 Å². The van der Waals surface area contributed by atoms with Gasteiger partial charge in [0.1, 0.15) is 30.6 Å². The lowest BCUT2D eigenvalue weighted by atomic mass is 9.87. The third kappa shape index (κ3) is 9.33. The molecule has 1 saturated heterocycles. The quantitative estimate of drug-likeness (QED) is 0.111. The van der Waals surface area contributed by atoms with Crippen LogP contribution >= 0.6 is 0 Å². The Bertz CT molecular complexity index is 1020. The minimum atomic E-state index is -1.18. The third-order valence-electron chi connectivity index (χ3n) is 7.23. The Morgan fingerprint density at radius 2 is 1.97 bits per heavy atom. The number of aryl methyl sites for hydroxylation is 1. The number of aromatic hydroxyl groups is 1. The summed E-state index contributed by atoms with van der Waals surface area (Å²) in [5.74, 6) is -1.89. The number of rotatable bonds is 15. The molecule has 2 rings (SSSR count). The standard InChI is InChI=1S/C29H44N2O8/c1-17(2)12-14-23(33)27(34)30-28(37-5)25-16-21(31-38-6)19(4)24(39-25)11-9-7-8-10-20-18(3)13-15-22(32)26(20)29(35)36/h13,15,19,23-25,28,32-33H,1,7-12,14,16H2,2-6H3,(H,30,34)(H,35,36)/b31-21+. The maximum absolute atomic E-state index is 12.6. The fourth-order valence-corrected chi connectivity index (χ4v) is 4.91. The molecule has 0 radical (unpaired) electrons. The highest BCUT2D eigenvalue weighted by atomic mass is 16.6. The van der Waals surface area contributed by atoms with Crippen molar-refractivity contribution in [3.05, 3.63) is 41.0 Å². The molecule has 4 N–H and O–H groups in total. The second-order valence-corrected chi connectivity index (χ2v) is 10.3. The number of nitrogens with zero attached hydrogens (tertiary/aromatic N) is 1. The molecular weight excluding hydrogens is 504 g/mol. The van der Waals surface area contributed by atoms with Crippen LogP contribution in [0.5, 0.6) is 5.75 Å². The van der Waals surface area contributed by atoms with Crippen LogP contribution in [0, 0.1) is 12.8 Å². The van der Waals surface area contributed by atoms with E-state index in [1.807, 2.05) is 20.8 Å². The number of hydrogen-bond donors (Lipinski definition) is 4. The maximum Gasteiger partial charge on any atom is 0.339 e. The van der Waals surface area contributed by atoms with Gasteiger partial charge >= 0.3 is 5.97 Å². The molecule has 0 aliphatic carbocycles. The molecule has 1 heterocycles. The van der Waals surface area contributed by atoms with Gasteiger partial charge in [-0.1, -0.05) is 36.6 Å². The number of methoxy groups -OCH3 is 1. The van der Waals surface area contributed by atoms with Gasteiger partial charge in [-0.2, -0.15) is 0 Å². The molecule has 1 aliphatic heterocycles. The minimum absolute atomic E-state index is 0.0116. The summed E-state index contributed by atoms with van der Waals surface area (Å²) < 4.78 is 11.9. The summed E-state index contributed by atoms with van der Waals surface area (Å²) >= 11 is 0. The monoisotopic (exact) mass is 548 g/mol. The number of aromatic carboxylic acids is 1. The largest absolute Gasteiger partial charge is 0.507 e. The zero-order valence-electron chi connectivity index (χ0n) is 23.7. The van der Waals surface area contributed by atoms with Crippen molar-refractivity contribution in [2.45, 2.75) is 96.7 Å². The van der Waals surface area contributed by atoms with Crippen molar-refractivity contribution in [1.29, 1.82) is 0 Å². The number of nitrogens with one attached hydrogen (secondary N) is 1. The predicted octanol–water partition coefficient (Wildman–Crippen LogP) is 4.10. The van der Waals surface area contributed by atoms with Crippen LogP contribution < -0.4 is 5.32 Å². The highest BCUT2D eigenvalue weighted by Gasteiger charge is 2.38. The van der Waals surface area contributed by atoms with Gasteiger partial charge in [0.25, 0.3) is 5.91 Å². The van der Waals surface area contributed by atoms with E-state index < -0.39 is 30.3 Å². The van der Waals surface area contributed by atoms with Gasteiger partial charge in [-0.3, -0.25) is 4.79 Å². The molecule has 1 aromatic rings. The number of aliphatic hydroxyl groups is 1. The van der Waals surface area contributed by atoms with E-state index in [1.54, 1.807) is 6.07 Å². The van der Waals surface area contributed by atoms with Gasteiger partial charge in [0, 0.05) is 19.4 Å². The van der Waals surface area contributed by atoms with Crippen molar-refractivity contribution < 1.29 is 39.2 Å². The van der Waals surface area contributed by atoms with Crippen LogP contribution in [-0.2, 0) is 25.5 Å². The summed E-state index contributed by atoms with van der Waals surface area (Å²) in [5, 5.41) is 36.7. The van der Waals surface area contributed by atoms with Crippen LogP contribution in [0.2, 0.25) is 0 Å². The Morgan fingerprint density at radius 1 is 1.26 bits per heavy atom. The van der Waals surface area contributed by atoms with Crippen LogP contribution in [0.4, 0.5) is 0 Å². The maximum atomic E-state index is 12.6. The Labute approximate surface area is 231 Å². The second-order valence-electron chi connectivity index (χ2n) is 10.3. The molecule has 1 aromatic carbocycles. The SMILES string of the molecule is C=C(C)CCC(O)C(=O)NC(OC)C1C/C(=N\OC)C(C)C(CCCCCc2c(C)ccc(O)c2C(=O)O)O1. The van der Waals surface area contributed by atoms with Crippen molar-refractivity contribution in [2.75, 3.05) is 14.2 Å². The number of carbonyl (C=O) groups excluding carboxylic acids is 1. The van der Waals surface area contributed by atoms with E-state index in [1.165, 1.54) is 20.3 Å². The van der Waals surface area contributed by atoms with E-state index in [0.29, 0.717) is 24.8 Å². The second kappa shape index (κ2) is 15.6. The zero-order chi connectivity index (χ0) is 29.1. The van der Waals surface area contributed by atoms with Gasteiger partial charge < -0.3 is 34.9 Å². The van der Waals surface area contributed by atoms with Crippen LogP contribution in [-0.4, -0.2) is 71.7 Å². The summed E-state index contributed by atoms with van der Waals surface area (Å²) in [7, 11) is 2.96. The molecule has 10 nitrogen and oxygen atoms in total. The van der Waals surface area contributed by atoms with Crippen molar-refractivity contribution in [3.63, 3.8) is 0 Å². The van der Waals surface area contributed by atoms with E-state index in [-0.39, 0.29) is 29.8 Å². The molecule has 10 heteroatoms. The van der Waals surface area contributed by atoms with Crippen molar-refractivity contribution in [3.8, 4) is 5.75 Å². The Kier molecular flexibility index (Phi) is 12.9. The highest BCUT2D eigenvalue weighted by Crippen LogP contribution is 2.30. The van der Waals surface area contributed by atoms with E-state index in [0.717, 1.165) is 42.5 Å². The molecule has 0 bridgehead atoms. The fourth-order valence-electron chi connectivity index (χ4n) is 4.91. The van der Waals surface area contributed by atoms with Gasteiger partial charge in [-0.05, 0) is 63.1 Å². The molecular formula is C29H44N2O8. The summed E-state index contributed by atoms with van der Waals surface area (Å²) in [6.45, 7) is 9.52. The number of allylic oxidation sites excluding steroid dienone is 1. The Balaban J connectivity index is 2.00. The first-order valence-electron chi connectivity index (χ1n) is 13.5. The lowest BCUT2D eigenvalue weighted by Crippen LogP contribution is -2.54. The number of carboxylic acid groups (broad SMARTS) is 1. The van der Waals surface area contributed by atoms with Crippen molar-refractivity contribution in [1.82, 2.24) is 5.32 Å². The molecule has 39 heavy (non-hydrogen) atoms. The first kappa shape index (κ1) is 32.3. The number of carbonyl (C=O) groups is 2. The van der Waals surface area contributed by atoms with Crippen LogP contribution in [0.15, 0.2) is 29.4 Å². The highest BCUT2D eigenvalue weighted by molar-refractivity contribution is 5.93. The number of ether oxygens (including phenoxy) is 2. The molecule has 0 spiro atoms. The molecule has 5 unspecified atom stereocenters. The van der Waals surface area contributed by atoms with Crippen LogP contribution in [0.3, 0.4) is 0 Å². The minimum Gasteiger partial charge on any atom is -0.507 e. The molecule has 5 atom stereocenters. The molecule has 1 fully saturated rings. The smallest absolute Gasteiger partial charge is 0.339 e. The number of amides is 1. The third-order valence-corrected chi connectivity index (χ3v) is 7.23. The first-order valence-corrected chi connectivity index (χ1v) is 13.5. The normalized spacial score (nSPS) is 21.8. The topological polar surface area (TPSA) is 147 Å². The van der Waals surface area contributed by atoms with Crippen LogP contribution in [0.25, 0.3) is 0 Å². The van der Waals surface area contributed by atoms with Crippen LogP contribution in [0.1, 0.15) is 80.3 Å². The van der Waals surface area contributed by atoms with E-state index in [9.17, 15) is 24.9 Å². The van der Waals surface area contributed by atoms with E-state index in [2.05, 4.69) is 17.1 Å². The zero-order valence-corrected chi connectivity index (χ0v) is 23.7. The fraction of sp³-hybridized carbons (Fsp3) is 0.621. The molecule has 218 valence electrons. The lowest BCUT2D eigenvalue weighted by Gasteiger charge is -2.39. The van der Waals surface area contributed by atoms with E-state index in [4.69, 9.17) is 14.3 Å². The van der Waals surface area contributed by atoms with Gasteiger partial charge in [-0.25, -0.2) is 4.79 Å². The number of benzene rings is 1. The van der Waals surface area contributed by atoms with Gasteiger partial charge in [-0.15, -0.1) is 6.58 Å². The first-order chi connectivity index (χ1) is 18.5. The number of carboxylic acids is 1. The Hall–Kier alpha value is -2.95. The summed E-state index contributed by atoms with van der Waals surface area (Å²) in [6.07, 6.45) is 2.23. The van der Waals surface area contributed by atoms with Gasteiger partial charge in [0.15, 0.2) is 6.23 Å². The summed E-state index contributed by atoms with van der Waals surface area (Å²) in [6, 6.07) is 3.15. The lowest BCUT2D eigenvalue weighted by molar-refractivity contribution is -0.146. The summed E-state index contributed by atoms with van der Waals surface area (Å²) in [4.78, 5) is 29.3. The number of hydrogen-bond acceptors (Lipinski definition) is 8. The van der Waals surface area contributed by atoms with Crippen molar-refractivity contribution >= 4 is 17.6 Å². The molecule has 0 saturated carbocycles. The van der Waals surface area contributed by atoms with Crippen molar-refractivity contribution in [2.24, 2.45) is 11.1 Å². The Morgan fingerprint density at radius 3 is 2.59 bits per heavy atom. The number of phenols is 1. The molecule has 1 aliphatic rings. The average Bonchev–Trinajstić information content (AvgIpc) is 2.89. The summed E-state index contributed by atoms with van der Waals surface area (Å²) in [5.41, 5.74) is 3.16. The number of unbranched alkanes of at least 4 members (excludes halogenated alkanes) is 2. The van der Waals surface area contributed by atoms with Gasteiger partial charge in [0.2, 0.25) is 0 Å². The molecule has 0 aromatic heterocycles.